The lowest BCUT2D eigenvalue weighted by Gasteiger charge is -2.13. The molecule has 0 atom stereocenters. The zero-order valence-electron chi connectivity index (χ0n) is 14.3. The molecule has 0 aliphatic heterocycles. The molecule has 2 aromatic rings. The van der Waals surface area contributed by atoms with Crippen LogP contribution in [0.15, 0.2) is 42.5 Å². The summed E-state index contributed by atoms with van der Waals surface area (Å²) >= 11 is 0. The van der Waals surface area contributed by atoms with Gasteiger partial charge >= 0.3 is 0 Å². The van der Waals surface area contributed by atoms with Crippen LogP contribution in [0.3, 0.4) is 0 Å². The third kappa shape index (κ3) is 4.41. The highest BCUT2D eigenvalue weighted by Crippen LogP contribution is 2.28. The van der Waals surface area contributed by atoms with Crippen LogP contribution in [-0.2, 0) is 6.54 Å². The van der Waals surface area contributed by atoms with E-state index in [1.165, 1.54) is 0 Å². The van der Waals surface area contributed by atoms with Crippen LogP contribution in [0.4, 0.5) is 0 Å². The van der Waals surface area contributed by atoms with Crippen LogP contribution in [-0.4, -0.2) is 26.7 Å². The van der Waals surface area contributed by atoms with Gasteiger partial charge in [0.15, 0.2) is 11.5 Å². The number of rotatable bonds is 8. The van der Waals surface area contributed by atoms with Gasteiger partial charge in [-0.3, -0.25) is 4.79 Å². The zero-order valence-corrected chi connectivity index (χ0v) is 14.3. The first kappa shape index (κ1) is 17.7. The monoisotopic (exact) mass is 329 g/mol. The molecule has 128 valence electrons. The topological polar surface area (TPSA) is 56.8 Å². The molecule has 0 aromatic heterocycles. The van der Waals surface area contributed by atoms with Crippen molar-refractivity contribution in [1.29, 1.82) is 0 Å². The minimum Gasteiger partial charge on any atom is -0.496 e. The Hall–Kier alpha value is -2.69. The number of hydrogen-bond acceptors (Lipinski definition) is 4. The van der Waals surface area contributed by atoms with E-state index in [-0.39, 0.29) is 5.91 Å². The average molecular weight is 329 g/mol. The van der Waals surface area contributed by atoms with E-state index in [4.69, 9.17) is 14.2 Å². The fourth-order valence-corrected chi connectivity index (χ4v) is 2.26. The summed E-state index contributed by atoms with van der Waals surface area (Å²) in [6.07, 6.45) is 0.930. The van der Waals surface area contributed by atoms with Crippen LogP contribution in [0, 0.1) is 0 Å². The van der Waals surface area contributed by atoms with Crippen molar-refractivity contribution < 1.29 is 19.0 Å². The third-order valence-electron chi connectivity index (χ3n) is 3.49. The molecule has 1 N–H and O–H groups in total. The number of benzene rings is 2. The maximum Gasteiger partial charge on any atom is 0.255 e. The van der Waals surface area contributed by atoms with Crippen LogP contribution in [0.25, 0.3) is 0 Å². The Balaban J connectivity index is 2.04. The lowest BCUT2D eigenvalue weighted by atomic mass is 10.1. The fraction of sp³-hybridized carbons (Fsp3) is 0.316. The van der Waals surface area contributed by atoms with Crippen molar-refractivity contribution in [2.75, 3.05) is 20.8 Å². The molecule has 24 heavy (non-hydrogen) atoms. The molecule has 0 radical (unpaired) electrons. The van der Waals surface area contributed by atoms with Crippen LogP contribution >= 0.6 is 0 Å². The number of methoxy groups -OCH3 is 2. The lowest BCUT2D eigenvalue weighted by Crippen LogP contribution is -2.23. The van der Waals surface area contributed by atoms with Crippen molar-refractivity contribution in [3.05, 3.63) is 53.6 Å². The molecule has 2 rings (SSSR count). The molecule has 0 saturated carbocycles. The standard InChI is InChI=1S/C19H23NO4/c1-4-11-24-17-10-9-14(12-18(17)23-3)13-20-19(21)15-7-5-6-8-16(15)22-2/h5-10,12H,4,11,13H2,1-3H3,(H,20,21). The largest absolute Gasteiger partial charge is 0.496 e. The molecule has 0 fully saturated rings. The van der Waals surface area contributed by atoms with Crippen molar-refractivity contribution in [3.8, 4) is 17.2 Å². The van der Waals surface area contributed by atoms with E-state index in [0.717, 1.165) is 12.0 Å². The normalized spacial score (nSPS) is 10.1. The van der Waals surface area contributed by atoms with Crippen LogP contribution in [0.1, 0.15) is 29.3 Å². The minimum atomic E-state index is -0.183. The second-order valence-corrected chi connectivity index (χ2v) is 5.22. The van der Waals surface area contributed by atoms with Gasteiger partial charge in [-0.1, -0.05) is 25.1 Å². The number of carbonyl (C=O) groups excluding carboxylic acids is 1. The second kappa shape index (κ2) is 8.82. The minimum absolute atomic E-state index is 0.183. The molecule has 2 aromatic carbocycles. The first-order valence-corrected chi connectivity index (χ1v) is 7.90. The molecular weight excluding hydrogens is 306 g/mol. The van der Waals surface area contributed by atoms with E-state index < -0.39 is 0 Å². The van der Waals surface area contributed by atoms with Crippen molar-refractivity contribution in [2.45, 2.75) is 19.9 Å². The summed E-state index contributed by atoms with van der Waals surface area (Å²) < 4.78 is 16.2. The van der Waals surface area contributed by atoms with Gasteiger partial charge in [-0.15, -0.1) is 0 Å². The molecule has 0 heterocycles. The molecule has 0 aliphatic carbocycles. The van der Waals surface area contributed by atoms with Crippen molar-refractivity contribution in [1.82, 2.24) is 5.32 Å². The quantitative estimate of drug-likeness (QED) is 0.806. The number of hydrogen-bond donors (Lipinski definition) is 1. The lowest BCUT2D eigenvalue weighted by molar-refractivity contribution is 0.0948. The number of ether oxygens (including phenoxy) is 3. The highest BCUT2D eigenvalue weighted by Gasteiger charge is 2.12. The van der Waals surface area contributed by atoms with Crippen molar-refractivity contribution in [2.24, 2.45) is 0 Å². The molecular formula is C19H23NO4. The number of carbonyl (C=O) groups is 1. The molecule has 5 nitrogen and oxygen atoms in total. The highest BCUT2D eigenvalue weighted by atomic mass is 16.5. The predicted octanol–water partition coefficient (Wildman–Crippen LogP) is 3.42. The molecule has 0 saturated heterocycles. The van der Waals surface area contributed by atoms with E-state index in [1.54, 1.807) is 32.4 Å². The summed E-state index contributed by atoms with van der Waals surface area (Å²) in [5.41, 5.74) is 1.44. The Morgan fingerprint density at radius 2 is 1.75 bits per heavy atom. The average Bonchev–Trinajstić information content (AvgIpc) is 2.64. The summed E-state index contributed by atoms with van der Waals surface area (Å²) in [6.45, 7) is 3.08. The first-order chi connectivity index (χ1) is 11.7. The number of nitrogens with one attached hydrogen (secondary N) is 1. The van der Waals surface area contributed by atoms with Crippen LogP contribution < -0.4 is 19.5 Å². The number of para-hydroxylation sites is 1. The molecule has 0 aliphatic rings. The van der Waals surface area contributed by atoms with E-state index in [0.29, 0.717) is 36.0 Å². The number of amides is 1. The molecule has 0 bridgehead atoms. The first-order valence-electron chi connectivity index (χ1n) is 7.90. The fourth-order valence-electron chi connectivity index (χ4n) is 2.26. The van der Waals surface area contributed by atoms with Gasteiger partial charge in [0.25, 0.3) is 5.91 Å². The van der Waals surface area contributed by atoms with Crippen molar-refractivity contribution >= 4 is 5.91 Å². The molecule has 5 heteroatoms. The highest BCUT2D eigenvalue weighted by molar-refractivity contribution is 5.96. The summed E-state index contributed by atoms with van der Waals surface area (Å²) in [4.78, 5) is 12.3. The van der Waals surface area contributed by atoms with Gasteiger partial charge in [-0.25, -0.2) is 0 Å². The van der Waals surface area contributed by atoms with E-state index in [9.17, 15) is 4.79 Å². The Morgan fingerprint density at radius 3 is 2.46 bits per heavy atom. The van der Waals surface area contributed by atoms with Gasteiger partial charge in [-0.05, 0) is 36.2 Å². The van der Waals surface area contributed by atoms with Gasteiger partial charge in [0.05, 0.1) is 26.4 Å². The summed E-state index contributed by atoms with van der Waals surface area (Å²) in [7, 11) is 3.15. The van der Waals surface area contributed by atoms with E-state index in [1.807, 2.05) is 31.2 Å². The van der Waals surface area contributed by atoms with Gasteiger partial charge < -0.3 is 19.5 Å². The molecule has 0 spiro atoms. The SMILES string of the molecule is CCCOc1ccc(CNC(=O)c2ccccc2OC)cc1OC. The van der Waals surface area contributed by atoms with Gasteiger partial charge in [0.1, 0.15) is 5.75 Å². The second-order valence-electron chi connectivity index (χ2n) is 5.22. The van der Waals surface area contributed by atoms with Gasteiger partial charge in [-0.2, -0.15) is 0 Å². The smallest absolute Gasteiger partial charge is 0.255 e. The predicted molar refractivity (Wildman–Crippen MR) is 92.9 cm³/mol. The molecule has 1 amide bonds. The Bertz CT molecular complexity index is 685. The Morgan fingerprint density at radius 1 is 1.00 bits per heavy atom. The zero-order chi connectivity index (χ0) is 17.4. The molecule has 0 unspecified atom stereocenters. The Kier molecular flexibility index (Phi) is 6.49. The van der Waals surface area contributed by atoms with Crippen LogP contribution in [0.5, 0.6) is 17.2 Å². The summed E-state index contributed by atoms with van der Waals surface area (Å²) in [6, 6.07) is 12.8. The summed E-state index contributed by atoms with van der Waals surface area (Å²) in [5, 5.41) is 2.89. The van der Waals surface area contributed by atoms with Crippen LogP contribution in [0.2, 0.25) is 0 Å². The van der Waals surface area contributed by atoms with Crippen molar-refractivity contribution in [3.63, 3.8) is 0 Å². The van der Waals surface area contributed by atoms with E-state index in [2.05, 4.69) is 5.32 Å². The van der Waals surface area contributed by atoms with Gasteiger partial charge in [0.2, 0.25) is 0 Å². The third-order valence-corrected chi connectivity index (χ3v) is 3.49. The maximum absolute atomic E-state index is 12.3. The Labute approximate surface area is 142 Å². The maximum atomic E-state index is 12.3. The van der Waals surface area contributed by atoms with E-state index >= 15 is 0 Å². The van der Waals surface area contributed by atoms with Gasteiger partial charge in [0, 0.05) is 6.54 Å². The summed E-state index contributed by atoms with van der Waals surface area (Å²) in [5.74, 6) is 1.74.